The molecule has 0 bridgehead atoms. The summed E-state index contributed by atoms with van der Waals surface area (Å²) in [5.41, 5.74) is 19.7. The van der Waals surface area contributed by atoms with Crippen molar-refractivity contribution < 1.29 is 0 Å². The maximum atomic E-state index is 3.89. The van der Waals surface area contributed by atoms with Crippen LogP contribution in [0.3, 0.4) is 0 Å². The molecule has 285 valence electrons. The van der Waals surface area contributed by atoms with Crippen LogP contribution in [0.15, 0.2) is 237 Å². The van der Waals surface area contributed by atoms with Gasteiger partial charge in [-0.2, -0.15) is 0 Å². The van der Waals surface area contributed by atoms with Crippen molar-refractivity contribution in [2.24, 2.45) is 0 Å². The highest BCUT2D eigenvalue weighted by molar-refractivity contribution is 6.74. The summed E-state index contributed by atoms with van der Waals surface area (Å²) in [6, 6.07) is 85.3. The van der Waals surface area contributed by atoms with Crippen molar-refractivity contribution in [2.75, 3.05) is 10.2 Å². The SMILES string of the molecule is [B]1c2cc(-c3ccccc3)ccc2N(c2ccc(-c3ccccc3)cc2)c2cc3ccccc3c(-c3cc(-c4ccccc4)ccc3Nc3ccc(-c4ccccc4)cc3)c21. The van der Waals surface area contributed by atoms with E-state index in [2.05, 4.69) is 254 Å². The van der Waals surface area contributed by atoms with Crippen LogP contribution in [0.1, 0.15) is 0 Å². The smallest absolute Gasteiger partial charge is 0.197 e. The van der Waals surface area contributed by atoms with Gasteiger partial charge in [0.25, 0.3) is 0 Å². The van der Waals surface area contributed by atoms with Gasteiger partial charge < -0.3 is 10.2 Å². The molecule has 3 heteroatoms. The van der Waals surface area contributed by atoms with Crippen molar-refractivity contribution >= 4 is 57.4 Å². The number of hydrogen-bond donors (Lipinski definition) is 1. The molecule has 0 amide bonds. The fraction of sp³-hybridized carbons (Fsp3) is 0. The molecule has 11 rings (SSSR count). The molecular weight excluding hydrogens is 735 g/mol. The summed E-state index contributed by atoms with van der Waals surface area (Å²) < 4.78 is 0. The second kappa shape index (κ2) is 15.7. The zero-order valence-corrected chi connectivity index (χ0v) is 33.5. The lowest BCUT2D eigenvalue weighted by Crippen LogP contribution is -2.41. The molecule has 2 nitrogen and oxygen atoms in total. The molecule has 0 spiro atoms. The predicted octanol–water partition coefficient (Wildman–Crippen LogP) is 14.4. The Kier molecular flexibility index (Phi) is 9.33. The van der Waals surface area contributed by atoms with Gasteiger partial charge in [0.15, 0.2) is 7.28 Å². The van der Waals surface area contributed by atoms with Gasteiger partial charge >= 0.3 is 0 Å². The molecule has 1 radical (unpaired) electrons. The second-order valence-corrected chi connectivity index (χ2v) is 15.6. The quantitative estimate of drug-likeness (QED) is 0.155. The number of fused-ring (bicyclic) bond motifs is 3. The molecule has 0 aromatic heterocycles. The largest absolute Gasteiger partial charge is 0.355 e. The highest BCUT2D eigenvalue weighted by atomic mass is 15.1. The molecule has 61 heavy (non-hydrogen) atoms. The minimum Gasteiger partial charge on any atom is -0.355 e. The van der Waals surface area contributed by atoms with Crippen LogP contribution in [-0.2, 0) is 0 Å². The van der Waals surface area contributed by atoms with Crippen LogP contribution in [-0.4, -0.2) is 7.28 Å². The zero-order chi connectivity index (χ0) is 40.5. The average molecular weight is 776 g/mol. The van der Waals surface area contributed by atoms with E-state index in [1.165, 1.54) is 66.2 Å². The summed E-state index contributed by atoms with van der Waals surface area (Å²) in [4.78, 5) is 2.46. The molecule has 0 aliphatic carbocycles. The van der Waals surface area contributed by atoms with Crippen LogP contribution in [0.25, 0.3) is 66.4 Å². The van der Waals surface area contributed by atoms with E-state index in [1.54, 1.807) is 0 Å². The van der Waals surface area contributed by atoms with E-state index in [-0.39, 0.29) is 0 Å². The first-order valence-corrected chi connectivity index (χ1v) is 20.9. The summed E-state index contributed by atoms with van der Waals surface area (Å²) in [5.74, 6) is 0. The third-order valence-corrected chi connectivity index (χ3v) is 11.9. The van der Waals surface area contributed by atoms with E-state index in [9.17, 15) is 0 Å². The van der Waals surface area contributed by atoms with E-state index in [0.717, 1.165) is 39.6 Å². The zero-order valence-electron chi connectivity index (χ0n) is 33.5. The predicted molar refractivity (Wildman–Crippen MR) is 261 cm³/mol. The topological polar surface area (TPSA) is 15.3 Å². The molecule has 1 heterocycles. The van der Waals surface area contributed by atoms with Crippen molar-refractivity contribution in [2.45, 2.75) is 0 Å². The van der Waals surface area contributed by atoms with Gasteiger partial charge in [-0.3, -0.25) is 0 Å². The third-order valence-electron chi connectivity index (χ3n) is 11.9. The van der Waals surface area contributed by atoms with Crippen molar-refractivity contribution in [3.63, 3.8) is 0 Å². The number of nitrogens with zero attached hydrogens (tertiary/aromatic N) is 1. The molecular formula is C58H40BN2. The van der Waals surface area contributed by atoms with Crippen molar-refractivity contribution in [3.05, 3.63) is 237 Å². The molecule has 1 N–H and O–H groups in total. The summed E-state index contributed by atoms with van der Waals surface area (Å²) in [7, 11) is 2.42. The fourth-order valence-electron chi connectivity index (χ4n) is 8.85. The van der Waals surface area contributed by atoms with Gasteiger partial charge in [0, 0.05) is 34.0 Å². The number of rotatable bonds is 8. The normalized spacial score (nSPS) is 11.7. The van der Waals surface area contributed by atoms with Crippen LogP contribution >= 0.6 is 0 Å². The van der Waals surface area contributed by atoms with Gasteiger partial charge in [-0.1, -0.05) is 194 Å². The Morgan fingerprint density at radius 1 is 0.361 bits per heavy atom. The first kappa shape index (κ1) is 36.2. The Balaban J connectivity index is 1.13. The van der Waals surface area contributed by atoms with E-state index in [0.29, 0.717) is 0 Å². The Bertz CT molecular complexity index is 3150. The minimum absolute atomic E-state index is 1.03. The van der Waals surface area contributed by atoms with Crippen molar-refractivity contribution in [3.8, 4) is 55.6 Å². The molecule has 0 atom stereocenters. The Morgan fingerprint density at radius 3 is 1.44 bits per heavy atom. The Hall–Kier alpha value is -7.88. The summed E-state index contributed by atoms with van der Waals surface area (Å²) in [6.07, 6.45) is 0. The van der Waals surface area contributed by atoms with Crippen LogP contribution in [0, 0.1) is 0 Å². The summed E-state index contributed by atoms with van der Waals surface area (Å²) in [5, 5.41) is 6.27. The number of anilines is 5. The Labute approximate surface area is 358 Å². The van der Waals surface area contributed by atoms with Crippen LogP contribution in [0.2, 0.25) is 0 Å². The van der Waals surface area contributed by atoms with Gasteiger partial charge in [-0.05, 0) is 115 Å². The average Bonchev–Trinajstić information content (AvgIpc) is 3.34. The lowest BCUT2D eigenvalue weighted by molar-refractivity contribution is 1.30. The minimum atomic E-state index is 1.03. The first-order valence-electron chi connectivity index (χ1n) is 20.9. The molecule has 0 fully saturated rings. The number of nitrogens with one attached hydrogen (secondary N) is 1. The monoisotopic (exact) mass is 775 g/mol. The van der Waals surface area contributed by atoms with E-state index in [4.69, 9.17) is 0 Å². The first-order chi connectivity index (χ1) is 30.2. The molecule has 1 aliphatic heterocycles. The number of hydrogen-bond acceptors (Lipinski definition) is 2. The molecule has 0 saturated heterocycles. The van der Waals surface area contributed by atoms with Crippen LogP contribution in [0.5, 0.6) is 0 Å². The van der Waals surface area contributed by atoms with Crippen molar-refractivity contribution in [1.82, 2.24) is 0 Å². The lowest BCUT2D eigenvalue weighted by atomic mass is 9.57. The summed E-state index contributed by atoms with van der Waals surface area (Å²) >= 11 is 0. The van der Waals surface area contributed by atoms with Crippen LogP contribution < -0.4 is 21.1 Å². The van der Waals surface area contributed by atoms with Gasteiger partial charge in [-0.15, -0.1) is 0 Å². The molecule has 0 unspecified atom stereocenters. The second-order valence-electron chi connectivity index (χ2n) is 15.6. The van der Waals surface area contributed by atoms with E-state index >= 15 is 0 Å². The maximum Gasteiger partial charge on any atom is 0.197 e. The fourth-order valence-corrected chi connectivity index (χ4v) is 8.85. The van der Waals surface area contributed by atoms with Gasteiger partial charge in [0.2, 0.25) is 0 Å². The highest BCUT2D eigenvalue weighted by Crippen LogP contribution is 2.44. The third kappa shape index (κ3) is 6.96. The molecule has 1 aliphatic rings. The standard InChI is InChI=1S/C58H40BN2/c1-5-15-40(16-6-1)44-25-31-49(32-26-44)60-54-35-29-46(42-19-9-3-10-20-42)37-52(54)57-51-24-14-13-23-48(51)39-56-58(57)59-53-38-47(43-21-11-4-12-22-43)30-36-55(53)61(56)50-33-27-45(28-34-50)41-17-7-2-8-18-41/h1-39,60H. The maximum absolute atomic E-state index is 3.89. The summed E-state index contributed by atoms with van der Waals surface area (Å²) in [6.45, 7) is 0. The van der Waals surface area contributed by atoms with Gasteiger partial charge in [0.05, 0.1) is 0 Å². The van der Waals surface area contributed by atoms with E-state index < -0.39 is 0 Å². The molecule has 0 saturated carbocycles. The van der Waals surface area contributed by atoms with E-state index in [1.807, 2.05) is 0 Å². The number of benzene rings is 10. The Morgan fingerprint density at radius 2 is 0.836 bits per heavy atom. The molecule has 10 aromatic rings. The van der Waals surface area contributed by atoms with Crippen LogP contribution in [0.4, 0.5) is 28.4 Å². The van der Waals surface area contributed by atoms with Crippen molar-refractivity contribution in [1.29, 1.82) is 0 Å². The van der Waals surface area contributed by atoms with Gasteiger partial charge in [-0.25, -0.2) is 0 Å². The van der Waals surface area contributed by atoms with Gasteiger partial charge in [0.1, 0.15) is 0 Å². The lowest BCUT2D eigenvalue weighted by Gasteiger charge is -2.36. The molecule has 10 aromatic carbocycles. The highest BCUT2D eigenvalue weighted by Gasteiger charge is 2.30.